The van der Waals surface area contributed by atoms with Gasteiger partial charge in [0.05, 0.1) is 5.60 Å². The van der Waals surface area contributed by atoms with Crippen LogP contribution in [0.5, 0.6) is 0 Å². The second kappa shape index (κ2) is 3.35. The van der Waals surface area contributed by atoms with Gasteiger partial charge >= 0.3 is 0 Å². The monoisotopic (exact) mass is 156 g/mol. The van der Waals surface area contributed by atoms with Gasteiger partial charge in [0.1, 0.15) is 6.29 Å². The summed E-state index contributed by atoms with van der Waals surface area (Å²) in [5, 5.41) is 0. The van der Waals surface area contributed by atoms with E-state index < -0.39 is 0 Å². The van der Waals surface area contributed by atoms with E-state index in [1.54, 1.807) is 0 Å². The molecule has 0 saturated carbocycles. The highest BCUT2D eigenvalue weighted by Crippen LogP contribution is 2.30. The van der Waals surface area contributed by atoms with Crippen molar-refractivity contribution in [3.63, 3.8) is 0 Å². The van der Waals surface area contributed by atoms with Gasteiger partial charge in [-0.05, 0) is 26.2 Å². The molecule has 64 valence electrons. The van der Waals surface area contributed by atoms with Gasteiger partial charge in [-0.2, -0.15) is 0 Å². The Morgan fingerprint density at radius 1 is 1.73 bits per heavy atom. The molecule has 0 aliphatic carbocycles. The zero-order valence-corrected chi connectivity index (χ0v) is 7.30. The molecule has 1 rings (SSSR count). The quantitative estimate of drug-likeness (QED) is 0.570. The third-order valence-electron chi connectivity index (χ3n) is 2.57. The van der Waals surface area contributed by atoms with Crippen LogP contribution in [0.15, 0.2) is 0 Å². The van der Waals surface area contributed by atoms with E-state index in [1.165, 1.54) is 0 Å². The molecule has 0 radical (unpaired) electrons. The Morgan fingerprint density at radius 2 is 2.45 bits per heavy atom. The average Bonchev–Trinajstić information content (AvgIpc) is 2.05. The minimum absolute atomic E-state index is 0.0379. The van der Waals surface area contributed by atoms with Crippen LogP contribution >= 0.6 is 0 Å². The molecule has 0 aromatic carbocycles. The number of carbonyl (C=O) groups excluding carboxylic acids is 1. The highest BCUT2D eigenvalue weighted by Gasteiger charge is 2.31. The molecule has 1 saturated heterocycles. The van der Waals surface area contributed by atoms with Crippen LogP contribution in [-0.2, 0) is 9.53 Å². The van der Waals surface area contributed by atoms with Gasteiger partial charge in [-0.25, -0.2) is 0 Å². The van der Waals surface area contributed by atoms with E-state index in [9.17, 15) is 4.79 Å². The van der Waals surface area contributed by atoms with Crippen molar-refractivity contribution < 1.29 is 9.53 Å². The molecule has 1 fully saturated rings. The SMILES string of the molecule is CC[C@]1(C)C[C@H](C=O)CCO1. The van der Waals surface area contributed by atoms with Gasteiger partial charge in [0, 0.05) is 12.5 Å². The number of aldehydes is 1. The van der Waals surface area contributed by atoms with E-state index >= 15 is 0 Å². The molecule has 0 unspecified atom stereocenters. The molecule has 2 atom stereocenters. The summed E-state index contributed by atoms with van der Waals surface area (Å²) in [7, 11) is 0. The van der Waals surface area contributed by atoms with Crippen molar-refractivity contribution in [1.82, 2.24) is 0 Å². The molecule has 2 nitrogen and oxygen atoms in total. The van der Waals surface area contributed by atoms with Crippen molar-refractivity contribution in [2.75, 3.05) is 6.61 Å². The van der Waals surface area contributed by atoms with Gasteiger partial charge in [0.25, 0.3) is 0 Å². The van der Waals surface area contributed by atoms with E-state index in [-0.39, 0.29) is 11.5 Å². The Morgan fingerprint density at radius 3 is 3.00 bits per heavy atom. The van der Waals surface area contributed by atoms with Crippen LogP contribution in [0, 0.1) is 5.92 Å². The molecule has 0 amide bonds. The first-order valence-corrected chi connectivity index (χ1v) is 4.29. The zero-order valence-electron chi connectivity index (χ0n) is 7.30. The fourth-order valence-corrected chi connectivity index (χ4v) is 1.53. The van der Waals surface area contributed by atoms with Crippen molar-refractivity contribution in [3.05, 3.63) is 0 Å². The number of hydrogen-bond donors (Lipinski definition) is 0. The summed E-state index contributed by atoms with van der Waals surface area (Å²) in [6, 6.07) is 0. The Kier molecular flexibility index (Phi) is 2.66. The second-order valence-electron chi connectivity index (χ2n) is 3.54. The van der Waals surface area contributed by atoms with Crippen molar-refractivity contribution >= 4 is 6.29 Å². The smallest absolute Gasteiger partial charge is 0.123 e. The summed E-state index contributed by atoms with van der Waals surface area (Å²) >= 11 is 0. The van der Waals surface area contributed by atoms with Crippen molar-refractivity contribution in [2.24, 2.45) is 5.92 Å². The van der Waals surface area contributed by atoms with Gasteiger partial charge in [-0.1, -0.05) is 6.92 Å². The van der Waals surface area contributed by atoms with E-state index in [0.29, 0.717) is 0 Å². The van der Waals surface area contributed by atoms with Gasteiger partial charge < -0.3 is 9.53 Å². The number of hydrogen-bond acceptors (Lipinski definition) is 2. The van der Waals surface area contributed by atoms with Crippen LogP contribution in [0.4, 0.5) is 0 Å². The fraction of sp³-hybridized carbons (Fsp3) is 0.889. The lowest BCUT2D eigenvalue weighted by Crippen LogP contribution is -2.36. The zero-order chi connectivity index (χ0) is 8.32. The molecule has 1 heterocycles. The van der Waals surface area contributed by atoms with Crippen LogP contribution in [0.25, 0.3) is 0 Å². The van der Waals surface area contributed by atoms with Crippen LogP contribution in [0.1, 0.15) is 33.1 Å². The van der Waals surface area contributed by atoms with Crippen LogP contribution in [0.2, 0.25) is 0 Å². The standard InChI is InChI=1S/C9H16O2/c1-3-9(2)6-8(7-10)4-5-11-9/h7-8H,3-6H2,1-2H3/t8-,9-/m1/s1. The highest BCUT2D eigenvalue weighted by molar-refractivity contribution is 5.53. The lowest BCUT2D eigenvalue weighted by atomic mass is 9.86. The van der Waals surface area contributed by atoms with E-state index in [1.807, 2.05) is 0 Å². The minimum Gasteiger partial charge on any atom is -0.375 e. The lowest BCUT2D eigenvalue weighted by molar-refractivity contribution is -0.124. The Balaban J connectivity index is 2.51. The van der Waals surface area contributed by atoms with Gasteiger partial charge in [0.2, 0.25) is 0 Å². The molecule has 11 heavy (non-hydrogen) atoms. The predicted octanol–water partition coefficient (Wildman–Crippen LogP) is 1.78. The van der Waals surface area contributed by atoms with Gasteiger partial charge in [0.15, 0.2) is 0 Å². The maximum atomic E-state index is 10.5. The molecule has 1 aliphatic rings. The molecule has 0 bridgehead atoms. The van der Waals surface area contributed by atoms with Crippen molar-refractivity contribution in [3.8, 4) is 0 Å². The summed E-state index contributed by atoms with van der Waals surface area (Å²) in [6.07, 6.45) is 3.86. The molecular formula is C9H16O2. The topological polar surface area (TPSA) is 26.3 Å². The first kappa shape index (κ1) is 8.72. The predicted molar refractivity (Wildman–Crippen MR) is 43.4 cm³/mol. The third-order valence-corrected chi connectivity index (χ3v) is 2.57. The average molecular weight is 156 g/mol. The Labute approximate surface area is 67.9 Å². The first-order valence-electron chi connectivity index (χ1n) is 4.29. The summed E-state index contributed by atoms with van der Waals surface area (Å²) in [4.78, 5) is 10.5. The minimum atomic E-state index is -0.0379. The summed E-state index contributed by atoms with van der Waals surface area (Å²) < 4.78 is 5.59. The summed E-state index contributed by atoms with van der Waals surface area (Å²) in [6.45, 7) is 4.93. The van der Waals surface area contributed by atoms with Gasteiger partial charge in [-0.3, -0.25) is 0 Å². The van der Waals surface area contributed by atoms with Crippen molar-refractivity contribution in [1.29, 1.82) is 0 Å². The van der Waals surface area contributed by atoms with E-state index in [4.69, 9.17) is 4.74 Å². The fourth-order valence-electron chi connectivity index (χ4n) is 1.53. The number of carbonyl (C=O) groups is 1. The molecule has 0 N–H and O–H groups in total. The summed E-state index contributed by atoms with van der Waals surface area (Å²) in [5.74, 6) is 0.230. The normalized spacial score (nSPS) is 38.5. The second-order valence-corrected chi connectivity index (χ2v) is 3.54. The molecule has 0 aromatic rings. The number of ether oxygens (including phenoxy) is 1. The molecular weight excluding hydrogens is 140 g/mol. The molecule has 1 aliphatic heterocycles. The first-order chi connectivity index (χ1) is 5.20. The Hall–Kier alpha value is -0.370. The van der Waals surface area contributed by atoms with E-state index in [2.05, 4.69) is 13.8 Å². The van der Waals surface area contributed by atoms with Crippen molar-refractivity contribution in [2.45, 2.75) is 38.7 Å². The maximum Gasteiger partial charge on any atom is 0.123 e. The lowest BCUT2D eigenvalue weighted by Gasteiger charge is -2.35. The molecule has 2 heteroatoms. The van der Waals surface area contributed by atoms with Crippen LogP contribution < -0.4 is 0 Å². The maximum absolute atomic E-state index is 10.5. The van der Waals surface area contributed by atoms with Crippen LogP contribution in [-0.4, -0.2) is 18.5 Å². The van der Waals surface area contributed by atoms with E-state index in [0.717, 1.165) is 32.2 Å². The Bertz CT molecular complexity index is 144. The molecule has 0 aromatic heterocycles. The largest absolute Gasteiger partial charge is 0.375 e. The summed E-state index contributed by atoms with van der Waals surface area (Å²) in [5.41, 5.74) is -0.0379. The number of rotatable bonds is 2. The van der Waals surface area contributed by atoms with Crippen LogP contribution in [0.3, 0.4) is 0 Å². The third kappa shape index (κ3) is 2.03. The molecule has 0 spiro atoms. The van der Waals surface area contributed by atoms with Gasteiger partial charge in [-0.15, -0.1) is 0 Å². The highest BCUT2D eigenvalue weighted by atomic mass is 16.5.